The second-order valence-electron chi connectivity index (χ2n) is 16.8. The molecule has 0 spiro atoms. The van der Waals surface area contributed by atoms with Gasteiger partial charge in [-0.05, 0) is 153 Å². The zero-order chi connectivity index (χ0) is 39.0. The van der Waals surface area contributed by atoms with Gasteiger partial charge in [0.2, 0.25) is 0 Å². The van der Waals surface area contributed by atoms with Crippen molar-refractivity contribution in [1.29, 1.82) is 0 Å². The number of hydrogen-bond donors (Lipinski definition) is 2. The summed E-state index contributed by atoms with van der Waals surface area (Å²) in [5, 5.41) is 21.4. The summed E-state index contributed by atoms with van der Waals surface area (Å²) >= 11 is 1.49. The van der Waals surface area contributed by atoms with Crippen LogP contribution in [0.4, 0.5) is 0 Å². The molecule has 7 heteroatoms. The highest BCUT2D eigenvalue weighted by atomic mass is 32.1. The van der Waals surface area contributed by atoms with E-state index >= 15 is 0 Å². The third kappa shape index (κ3) is 7.28. The van der Waals surface area contributed by atoms with E-state index in [1.165, 1.54) is 95.2 Å². The number of aromatic carboxylic acids is 1. The summed E-state index contributed by atoms with van der Waals surface area (Å²) in [6.45, 7) is 3.22. The highest BCUT2D eigenvalue weighted by Gasteiger charge is 2.33. The SMILES string of the molecule is CCC1=CCCCC(CCC2CCCn3c(c(C4CCCCC4)c4sc(C(=O)O)cc43)-c3ccc4nc(-c5cc(OC)ccc5-c5ccc(O)cc5)ccc4c32)C1. The molecule has 3 aromatic heterocycles. The Balaban J connectivity index is 1.22. The summed E-state index contributed by atoms with van der Waals surface area (Å²) in [4.78, 5) is 18.2. The first-order valence-electron chi connectivity index (χ1n) is 21.4. The Labute approximate surface area is 340 Å². The lowest BCUT2D eigenvalue weighted by Crippen LogP contribution is -2.14. The molecule has 6 aromatic rings. The minimum absolute atomic E-state index is 0.241. The predicted octanol–water partition coefficient (Wildman–Crippen LogP) is 13.9. The molecule has 3 aromatic carbocycles. The van der Waals surface area contributed by atoms with Gasteiger partial charge in [0.15, 0.2) is 0 Å². The van der Waals surface area contributed by atoms with Gasteiger partial charge in [0.25, 0.3) is 0 Å². The summed E-state index contributed by atoms with van der Waals surface area (Å²) < 4.78 is 9.41. The van der Waals surface area contributed by atoms with Gasteiger partial charge in [-0.2, -0.15) is 0 Å². The van der Waals surface area contributed by atoms with Crippen LogP contribution in [0.5, 0.6) is 11.5 Å². The molecule has 0 amide bonds. The molecule has 6 nitrogen and oxygen atoms in total. The van der Waals surface area contributed by atoms with Crippen LogP contribution < -0.4 is 4.74 Å². The molecular weight excluding hydrogens is 725 g/mol. The number of aryl methyl sites for hydroxylation is 1. The number of hydrogen-bond acceptors (Lipinski definition) is 5. The van der Waals surface area contributed by atoms with E-state index in [0.717, 1.165) is 90.2 Å². The predicted molar refractivity (Wildman–Crippen MR) is 234 cm³/mol. The number of thiophene rings is 1. The van der Waals surface area contributed by atoms with Crippen molar-refractivity contribution in [2.45, 2.75) is 115 Å². The number of phenolic OH excluding ortho intramolecular Hbond substituents is 1. The molecule has 2 atom stereocenters. The number of aromatic nitrogens is 2. The Hall–Kier alpha value is -4.88. The summed E-state index contributed by atoms with van der Waals surface area (Å²) in [6, 6.07) is 24.6. The number of rotatable bonds is 9. The van der Waals surface area contributed by atoms with E-state index in [1.807, 2.05) is 24.3 Å². The first-order chi connectivity index (χ1) is 27.9. The van der Waals surface area contributed by atoms with Crippen LogP contribution in [0.25, 0.3) is 54.8 Å². The highest BCUT2D eigenvalue weighted by molar-refractivity contribution is 7.21. The smallest absolute Gasteiger partial charge is 0.345 e. The summed E-state index contributed by atoms with van der Waals surface area (Å²) in [5.41, 5.74) is 13.1. The van der Waals surface area contributed by atoms with Crippen LogP contribution in [0.2, 0.25) is 0 Å². The largest absolute Gasteiger partial charge is 0.508 e. The molecule has 0 radical (unpaired) electrons. The molecule has 0 saturated heterocycles. The minimum atomic E-state index is -0.830. The van der Waals surface area contributed by atoms with E-state index in [4.69, 9.17) is 9.72 Å². The number of nitrogens with zero attached hydrogens (tertiary/aromatic N) is 2. The van der Waals surface area contributed by atoms with Gasteiger partial charge in [0, 0.05) is 23.1 Å². The molecule has 0 bridgehead atoms. The second kappa shape index (κ2) is 16.2. The zero-order valence-corrected chi connectivity index (χ0v) is 34.2. The number of allylic oxidation sites excluding steroid dienone is 2. The van der Waals surface area contributed by atoms with Crippen LogP contribution in [0.1, 0.15) is 129 Å². The summed E-state index contributed by atoms with van der Waals surface area (Å²) in [7, 11) is 1.70. The molecule has 1 saturated carbocycles. The van der Waals surface area contributed by atoms with Gasteiger partial charge in [0.1, 0.15) is 16.4 Å². The van der Waals surface area contributed by atoms with Crippen molar-refractivity contribution in [3.05, 3.63) is 100 Å². The molecule has 2 unspecified atom stereocenters. The van der Waals surface area contributed by atoms with Gasteiger partial charge < -0.3 is 19.5 Å². The van der Waals surface area contributed by atoms with Crippen LogP contribution in [-0.4, -0.2) is 32.8 Å². The maximum atomic E-state index is 12.4. The lowest BCUT2D eigenvalue weighted by molar-refractivity contribution is 0.0702. The van der Waals surface area contributed by atoms with Crippen LogP contribution in [0.3, 0.4) is 0 Å². The van der Waals surface area contributed by atoms with E-state index in [2.05, 4.69) is 54.0 Å². The van der Waals surface area contributed by atoms with Crippen LogP contribution in [-0.2, 0) is 6.54 Å². The first-order valence-corrected chi connectivity index (χ1v) is 22.2. The Bertz CT molecular complexity index is 2470. The number of ether oxygens (including phenoxy) is 1. The average Bonchev–Trinajstić information content (AvgIpc) is 3.70. The fourth-order valence-corrected chi connectivity index (χ4v) is 11.6. The molecule has 57 heavy (non-hydrogen) atoms. The normalized spacial score (nSPS) is 19.0. The van der Waals surface area contributed by atoms with Crippen molar-refractivity contribution >= 4 is 38.4 Å². The number of fused-ring (bicyclic) bond motifs is 7. The monoisotopic (exact) mass is 778 g/mol. The summed E-state index contributed by atoms with van der Waals surface area (Å²) in [5.74, 6) is 1.73. The first kappa shape index (κ1) is 37.7. The zero-order valence-electron chi connectivity index (χ0n) is 33.4. The van der Waals surface area contributed by atoms with Gasteiger partial charge in [-0.3, -0.25) is 0 Å². The lowest BCUT2D eigenvalue weighted by atomic mass is 9.78. The average molecular weight is 779 g/mol. The van der Waals surface area contributed by atoms with E-state index in [1.54, 1.807) is 24.8 Å². The van der Waals surface area contributed by atoms with Crippen molar-refractivity contribution in [3.63, 3.8) is 0 Å². The Morgan fingerprint density at radius 2 is 1.68 bits per heavy atom. The molecular formula is C50H54N2O4S. The topological polar surface area (TPSA) is 84.6 Å². The molecule has 4 heterocycles. The fraction of sp³-hybridized carbons (Fsp3) is 0.400. The quantitative estimate of drug-likeness (QED) is 0.143. The Kier molecular flexibility index (Phi) is 10.7. The molecule has 1 fully saturated rings. The van der Waals surface area contributed by atoms with Gasteiger partial charge in [0.05, 0.1) is 34.2 Å². The molecule has 2 N–H and O–H groups in total. The number of phenols is 1. The van der Waals surface area contributed by atoms with Crippen molar-refractivity contribution in [3.8, 4) is 45.1 Å². The number of carbonyl (C=O) groups is 1. The summed E-state index contributed by atoms with van der Waals surface area (Å²) in [6.07, 6.45) is 19.3. The van der Waals surface area contributed by atoms with Crippen LogP contribution >= 0.6 is 11.3 Å². The number of carboxylic acid groups (broad SMARTS) is 1. The van der Waals surface area contributed by atoms with Gasteiger partial charge in [-0.25, -0.2) is 9.78 Å². The lowest BCUT2D eigenvalue weighted by Gasteiger charge is -2.30. The molecule has 3 aliphatic rings. The van der Waals surface area contributed by atoms with Gasteiger partial charge >= 0.3 is 5.97 Å². The van der Waals surface area contributed by atoms with Gasteiger partial charge in [-0.15, -0.1) is 11.3 Å². The fourth-order valence-electron chi connectivity index (χ4n) is 10.5. The van der Waals surface area contributed by atoms with Crippen LogP contribution in [0, 0.1) is 5.92 Å². The van der Waals surface area contributed by atoms with E-state index in [-0.39, 0.29) is 5.75 Å². The minimum Gasteiger partial charge on any atom is -0.508 e. The third-order valence-electron chi connectivity index (χ3n) is 13.4. The molecule has 9 rings (SSSR count). The van der Waals surface area contributed by atoms with E-state index in [0.29, 0.717) is 16.7 Å². The number of aromatic hydroxyl groups is 1. The van der Waals surface area contributed by atoms with Crippen molar-refractivity contribution in [2.24, 2.45) is 5.92 Å². The number of carboxylic acids is 1. The number of benzene rings is 3. The number of methoxy groups -OCH3 is 1. The third-order valence-corrected chi connectivity index (χ3v) is 14.5. The van der Waals surface area contributed by atoms with Crippen LogP contribution in [0.15, 0.2) is 84.4 Å². The van der Waals surface area contributed by atoms with Gasteiger partial charge in [-0.1, -0.05) is 68.2 Å². The van der Waals surface area contributed by atoms with Crippen molar-refractivity contribution in [2.75, 3.05) is 7.11 Å². The second-order valence-corrected chi connectivity index (χ2v) is 17.8. The Morgan fingerprint density at radius 3 is 2.47 bits per heavy atom. The van der Waals surface area contributed by atoms with Crippen molar-refractivity contribution < 1.29 is 19.7 Å². The molecule has 2 aliphatic carbocycles. The Morgan fingerprint density at radius 1 is 0.860 bits per heavy atom. The highest BCUT2D eigenvalue weighted by Crippen LogP contribution is 2.51. The van der Waals surface area contributed by atoms with E-state index < -0.39 is 5.97 Å². The maximum absolute atomic E-state index is 12.4. The number of pyridine rings is 1. The van der Waals surface area contributed by atoms with Crippen molar-refractivity contribution in [1.82, 2.24) is 9.55 Å². The maximum Gasteiger partial charge on any atom is 0.345 e. The molecule has 294 valence electrons. The molecule has 1 aliphatic heterocycles. The van der Waals surface area contributed by atoms with E-state index in [9.17, 15) is 15.0 Å². The standard InChI is InChI=1S/C50H54N2O4S/c1-3-31-10-7-8-11-32(28-31)15-16-35-14-9-27-52-44-30-45(50(54)55)57-49(44)47(34-12-5-4-6-13-34)48(52)40-24-26-42-39(46(35)40)23-25-43(51-42)41-29-37(56-2)21-22-38(41)33-17-19-36(53)20-18-33/h10,17-26,29-30,32,34-35,53H,3-9,11-16,27-28H2,1-2H3,(H,54,55).